The lowest BCUT2D eigenvalue weighted by Crippen LogP contribution is -2.55. The van der Waals surface area contributed by atoms with E-state index in [1.807, 2.05) is 27.9 Å². The Kier molecular flexibility index (Phi) is 9.50. The average Bonchev–Trinajstić information content (AvgIpc) is 3.71. The molecule has 3 aliphatic rings. The zero-order chi connectivity index (χ0) is 26.7. The van der Waals surface area contributed by atoms with Crippen molar-refractivity contribution in [2.45, 2.75) is 90.6 Å². The van der Waals surface area contributed by atoms with Crippen molar-refractivity contribution < 1.29 is 23.8 Å². The Morgan fingerprint density at radius 3 is 2.50 bits per heavy atom. The summed E-state index contributed by atoms with van der Waals surface area (Å²) in [4.78, 5) is 27.8. The molecular weight excluding hydrogens is 458 g/mol. The van der Waals surface area contributed by atoms with Crippen molar-refractivity contribution in [2.75, 3.05) is 40.9 Å². The number of carbonyl (C=O) groups is 2. The topological polar surface area (TPSA) is 92.4 Å². The molecule has 8 nitrogen and oxygen atoms in total. The van der Waals surface area contributed by atoms with Crippen LogP contribution in [-0.2, 0) is 19.0 Å². The summed E-state index contributed by atoms with van der Waals surface area (Å²) in [6, 6.07) is -0.648. The molecule has 206 valence electrons. The van der Waals surface area contributed by atoms with Gasteiger partial charge in [0.15, 0.2) is 0 Å². The third-order valence-corrected chi connectivity index (χ3v) is 8.44. The van der Waals surface area contributed by atoms with Gasteiger partial charge in [-0.1, -0.05) is 32.4 Å². The average molecular weight is 508 g/mol. The van der Waals surface area contributed by atoms with Crippen molar-refractivity contribution in [3.05, 3.63) is 11.6 Å². The molecule has 3 rings (SSSR count). The number of alkyl carbamates (subject to hydrolysis) is 1. The fraction of sp³-hybridized carbons (Fsp3) is 0.857. The van der Waals surface area contributed by atoms with E-state index in [1.165, 1.54) is 5.57 Å². The normalized spacial score (nSPS) is 33.8. The van der Waals surface area contributed by atoms with Crippen molar-refractivity contribution >= 4 is 12.0 Å². The van der Waals surface area contributed by atoms with Gasteiger partial charge in [0.25, 0.3) is 0 Å². The molecule has 2 saturated carbocycles. The van der Waals surface area contributed by atoms with E-state index >= 15 is 0 Å². The van der Waals surface area contributed by atoms with Crippen molar-refractivity contribution in [1.29, 1.82) is 0 Å². The largest absolute Gasteiger partial charge is 0.443 e. The SMILES string of the molecule is CO[C@@H]1[C@H](OC(=O)N[C@@H](C(=O)NCCCN(C)C)C(C)C)CC[C@]2(CO2)[C@H]1[C@@]1(C)C[C@@H]1CC=C(C)C. The number of epoxide rings is 1. The monoisotopic (exact) mass is 507 g/mol. The van der Waals surface area contributed by atoms with Crippen LogP contribution in [0.15, 0.2) is 11.6 Å². The van der Waals surface area contributed by atoms with E-state index in [9.17, 15) is 9.59 Å². The summed E-state index contributed by atoms with van der Waals surface area (Å²) < 4.78 is 18.1. The third-order valence-electron chi connectivity index (χ3n) is 8.44. The highest BCUT2D eigenvalue weighted by Crippen LogP contribution is 2.68. The van der Waals surface area contributed by atoms with E-state index in [0.717, 1.165) is 38.8 Å². The van der Waals surface area contributed by atoms with E-state index < -0.39 is 12.1 Å². The molecule has 0 aromatic carbocycles. The van der Waals surface area contributed by atoms with E-state index in [-0.39, 0.29) is 41.0 Å². The van der Waals surface area contributed by atoms with E-state index in [4.69, 9.17) is 14.2 Å². The molecule has 36 heavy (non-hydrogen) atoms. The van der Waals surface area contributed by atoms with Gasteiger partial charge in [-0.2, -0.15) is 0 Å². The Balaban J connectivity index is 1.62. The summed E-state index contributed by atoms with van der Waals surface area (Å²) >= 11 is 0. The van der Waals surface area contributed by atoms with E-state index in [0.29, 0.717) is 18.9 Å². The van der Waals surface area contributed by atoms with Crippen molar-refractivity contribution in [3.8, 4) is 0 Å². The second-order valence-electron chi connectivity index (χ2n) is 12.3. The highest BCUT2D eigenvalue weighted by Gasteiger charge is 2.70. The standard InChI is InChI=1S/C28H49N3O5/c1-18(2)10-11-20-16-27(20,5)24-23(34-8)21(12-13-28(24)17-35-28)36-26(33)30-22(19(3)4)25(32)29-14-9-15-31(6)7/h10,19-24H,9,11-17H2,1-8H3,(H,29,32)(H,30,33)/t20-,21+,22+,23+,24+,27-,28-/m0/s1. The zero-order valence-corrected chi connectivity index (χ0v) is 23.7. The minimum absolute atomic E-state index is 0.0620. The van der Waals surface area contributed by atoms with E-state index in [1.54, 1.807) is 7.11 Å². The number of nitrogens with one attached hydrogen (secondary N) is 2. The quantitative estimate of drug-likeness (QED) is 0.237. The van der Waals surface area contributed by atoms with Crippen molar-refractivity contribution in [2.24, 2.45) is 23.2 Å². The molecule has 2 aliphatic carbocycles. The van der Waals surface area contributed by atoms with Crippen molar-refractivity contribution in [3.63, 3.8) is 0 Å². The number of hydrogen-bond acceptors (Lipinski definition) is 6. The lowest BCUT2D eigenvalue weighted by atomic mass is 9.67. The maximum Gasteiger partial charge on any atom is 0.408 e. The summed E-state index contributed by atoms with van der Waals surface area (Å²) in [5, 5.41) is 5.77. The number of carbonyl (C=O) groups excluding carboxylic acids is 2. The molecule has 8 heteroatoms. The smallest absolute Gasteiger partial charge is 0.408 e. The highest BCUT2D eigenvalue weighted by atomic mass is 16.6. The molecule has 1 spiro atoms. The van der Waals surface area contributed by atoms with Crippen LogP contribution in [-0.4, -0.2) is 81.7 Å². The molecule has 2 amide bonds. The summed E-state index contributed by atoms with van der Waals surface area (Å²) in [6.45, 7) is 12.7. The minimum Gasteiger partial charge on any atom is -0.443 e. The second kappa shape index (κ2) is 11.8. The first-order valence-electron chi connectivity index (χ1n) is 13.6. The van der Waals surface area contributed by atoms with Gasteiger partial charge in [-0.15, -0.1) is 0 Å². The Hall–Kier alpha value is -1.64. The molecule has 0 radical (unpaired) electrons. The Labute approximate surface area is 217 Å². The van der Waals surface area contributed by atoms with Gasteiger partial charge in [0.05, 0.1) is 12.2 Å². The van der Waals surface area contributed by atoms with Gasteiger partial charge in [-0.25, -0.2) is 4.79 Å². The zero-order valence-electron chi connectivity index (χ0n) is 23.7. The van der Waals surface area contributed by atoms with Crippen LogP contribution >= 0.6 is 0 Å². The van der Waals surface area contributed by atoms with Crippen LogP contribution in [0.2, 0.25) is 0 Å². The third kappa shape index (κ3) is 6.81. The highest BCUT2D eigenvalue weighted by molar-refractivity contribution is 5.85. The summed E-state index contributed by atoms with van der Waals surface area (Å²) in [7, 11) is 5.72. The second-order valence-corrected chi connectivity index (χ2v) is 12.3. The van der Waals surface area contributed by atoms with Crippen LogP contribution in [0.4, 0.5) is 4.79 Å². The van der Waals surface area contributed by atoms with Crippen LogP contribution in [0.25, 0.3) is 0 Å². The predicted octanol–water partition coefficient (Wildman–Crippen LogP) is 3.75. The Morgan fingerprint density at radius 1 is 1.25 bits per heavy atom. The number of methoxy groups -OCH3 is 1. The van der Waals surface area contributed by atoms with Crippen LogP contribution < -0.4 is 10.6 Å². The fourth-order valence-corrected chi connectivity index (χ4v) is 6.16. The molecule has 3 fully saturated rings. The maximum atomic E-state index is 13.0. The lowest BCUT2D eigenvalue weighted by Gasteiger charge is -2.44. The summed E-state index contributed by atoms with van der Waals surface area (Å²) in [5.41, 5.74) is 1.29. The van der Waals surface area contributed by atoms with E-state index in [2.05, 4.69) is 42.4 Å². The first kappa shape index (κ1) is 28.9. The molecule has 0 aromatic heterocycles. The number of rotatable bonds is 12. The van der Waals surface area contributed by atoms with Crippen molar-refractivity contribution in [1.82, 2.24) is 15.5 Å². The van der Waals surface area contributed by atoms with Gasteiger partial charge in [0.1, 0.15) is 18.2 Å². The fourth-order valence-electron chi connectivity index (χ4n) is 6.16. The molecule has 0 unspecified atom stereocenters. The lowest BCUT2D eigenvalue weighted by molar-refractivity contribution is -0.126. The van der Waals surface area contributed by atoms with Crippen LogP contribution in [0.1, 0.15) is 66.7 Å². The van der Waals surface area contributed by atoms with Crippen LogP contribution in [0.3, 0.4) is 0 Å². The Morgan fingerprint density at radius 2 is 1.94 bits per heavy atom. The van der Waals surface area contributed by atoms with Gasteiger partial charge in [0, 0.05) is 19.6 Å². The first-order valence-corrected chi connectivity index (χ1v) is 13.6. The molecule has 0 aromatic rings. The number of amides is 2. The summed E-state index contributed by atoms with van der Waals surface area (Å²) in [6.07, 6.45) is 5.77. The number of hydrogen-bond donors (Lipinski definition) is 2. The van der Waals surface area contributed by atoms with Crippen LogP contribution in [0, 0.1) is 23.2 Å². The van der Waals surface area contributed by atoms with Crippen LogP contribution in [0.5, 0.6) is 0 Å². The number of ether oxygens (including phenoxy) is 3. The molecular formula is C28H49N3O5. The molecule has 0 bridgehead atoms. The Bertz CT molecular complexity index is 805. The first-order chi connectivity index (χ1) is 16.9. The van der Waals surface area contributed by atoms with Gasteiger partial charge in [0.2, 0.25) is 5.91 Å². The molecule has 1 heterocycles. The number of allylic oxidation sites excluding steroid dienone is 2. The molecule has 1 aliphatic heterocycles. The predicted molar refractivity (Wildman–Crippen MR) is 141 cm³/mol. The molecule has 7 atom stereocenters. The molecule has 2 N–H and O–H groups in total. The van der Waals surface area contributed by atoms with Gasteiger partial charge >= 0.3 is 6.09 Å². The molecule has 1 saturated heterocycles. The van der Waals surface area contributed by atoms with Gasteiger partial charge in [-0.05, 0) is 83.8 Å². The van der Waals surface area contributed by atoms with Gasteiger partial charge < -0.3 is 29.7 Å². The van der Waals surface area contributed by atoms with Gasteiger partial charge in [-0.3, -0.25) is 4.79 Å². The maximum absolute atomic E-state index is 13.0. The minimum atomic E-state index is -0.648. The summed E-state index contributed by atoms with van der Waals surface area (Å²) in [5.74, 6) is 0.528. The number of nitrogens with zero attached hydrogens (tertiary/aromatic N) is 1.